The molecule has 0 atom stereocenters. The molecular weight excluding hydrogens is 386 g/mol. The van der Waals surface area contributed by atoms with Crippen molar-refractivity contribution in [2.75, 3.05) is 13.1 Å². The van der Waals surface area contributed by atoms with E-state index in [2.05, 4.69) is 16.6 Å². The Bertz CT molecular complexity index is 1040. The molecule has 1 amide bonds. The fourth-order valence-corrected chi connectivity index (χ4v) is 5.42. The molecule has 1 N–H and O–H groups in total. The van der Waals surface area contributed by atoms with Crippen molar-refractivity contribution in [1.82, 2.24) is 9.73 Å². The molecule has 4 rings (SSSR count). The van der Waals surface area contributed by atoms with E-state index in [1.165, 1.54) is 9.87 Å². The molecule has 1 saturated heterocycles. The minimum atomic E-state index is -3.51. The lowest BCUT2D eigenvalue weighted by Crippen LogP contribution is -2.42. The summed E-state index contributed by atoms with van der Waals surface area (Å²) in [6.45, 7) is 2.61. The standard InChI is InChI=1S/C22H25N3O3S/c1-16-6-9-19(10-7-16)29(27,28)25-14-12-18(13-15-25)22(26)24-23-21-11-8-17-4-2-3-5-20(17)21/h2-7,9-10,18H,8,11-15H2,1H3,(H,24,26)/b23-21-. The van der Waals surface area contributed by atoms with Gasteiger partial charge in [-0.25, -0.2) is 13.8 Å². The lowest BCUT2D eigenvalue weighted by molar-refractivity contribution is -0.126. The third-order valence-electron chi connectivity index (χ3n) is 5.74. The summed E-state index contributed by atoms with van der Waals surface area (Å²) in [7, 11) is -3.51. The number of nitrogens with one attached hydrogen (secondary N) is 1. The molecule has 1 fully saturated rings. The van der Waals surface area contributed by atoms with Gasteiger partial charge in [0.1, 0.15) is 0 Å². The average Bonchev–Trinajstić information content (AvgIpc) is 3.15. The number of rotatable bonds is 4. The number of hydrogen-bond acceptors (Lipinski definition) is 4. The molecule has 2 aliphatic rings. The van der Waals surface area contributed by atoms with Crippen molar-refractivity contribution in [3.05, 3.63) is 65.2 Å². The topological polar surface area (TPSA) is 78.8 Å². The number of nitrogens with zero attached hydrogens (tertiary/aromatic N) is 2. The van der Waals surface area contributed by atoms with E-state index in [0.717, 1.165) is 29.7 Å². The highest BCUT2D eigenvalue weighted by atomic mass is 32.2. The highest BCUT2D eigenvalue weighted by molar-refractivity contribution is 7.89. The number of carbonyl (C=O) groups excluding carboxylic acids is 1. The number of fused-ring (bicyclic) bond motifs is 1. The third-order valence-corrected chi connectivity index (χ3v) is 7.66. The van der Waals surface area contributed by atoms with Crippen molar-refractivity contribution < 1.29 is 13.2 Å². The van der Waals surface area contributed by atoms with Crippen molar-refractivity contribution in [2.24, 2.45) is 11.0 Å². The van der Waals surface area contributed by atoms with Crippen LogP contribution in [0.3, 0.4) is 0 Å². The van der Waals surface area contributed by atoms with E-state index in [-0.39, 0.29) is 11.8 Å². The van der Waals surface area contributed by atoms with Crippen LogP contribution in [0.15, 0.2) is 58.5 Å². The van der Waals surface area contributed by atoms with Crippen molar-refractivity contribution in [1.29, 1.82) is 0 Å². The number of benzene rings is 2. The van der Waals surface area contributed by atoms with Gasteiger partial charge in [0.25, 0.3) is 0 Å². The van der Waals surface area contributed by atoms with Crippen LogP contribution in [-0.4, -0.2) is 37.4 Å². The Morgan fingerprint density at radius 3 is 2.45 bits per heavy atom. The number of piperidine rings is 1. The van der Waals surface area contributed by atoms with Crippen molar-refractivity contribution in [3.63, 3.8) is 0 Å². The first-order valence-electron chi connectivity index (χ1n) is 9.96. The quantitative estimate of drug-likeness (QED) is 0.786. The molecule has 2 aromatic rings. The molecule has 1 aliphatic carbocycles. The molecule has 7 heteroatoms. The van der Waals surface area contributed by atoms with Gasteiger partial charge in [-0.3, -0.25) is 4.79 Å². The Morgan fingerprint density at radius 2 is 1.72 bits per heavy atom. The smallest absolute Gasteiger partial charge is 0.243 e. The zero-order valence-electron chi connectivity index (χ0n) is 16.5. The molecule has 0 saturated carbocycles. The van der Waals surface area contributed by atoms with Gasteiger partial charge in [0, 0.05) is 24.6 Å². The van der Waals surface area contributed by atoms with Gasteiger partial charge in [0.15, 0.2) is 0 Å². The van der Waals surface area contributed by atoms with E-state index >= 15 is 0 Å². The summed E-state index contributed by atoms with van der Waals surface area (Å²) in [5, 5.41) is 4.35. The third kappa shape index (κ3) is 4.11. The van der Waals surface area contributed by atoms with Gasteiger partial charge in [-0.2, -0.15) is 9.41 Å². The second kappa shape index (κ2) is 8.08. The van der Waals surface area contributed by atoms with Crippen molar-refractivity contribution >= 4 is 21.6 Å². The molecule has 1 aliphatic heterocycles. The normalized spacial score (nSPS) is 19.3. The Kier molecular flexibility index (Phi) is 5.52. The van der Waals surface area contributed by atoms with Gasteiger partial charge in [-0.1, -0.05) is 42.0 Å². The van der Waals surface area contributed by atoms with E-state index in [4.69, 9.17) is 0 Å². The van der Waals surface area contributed by atoms with E-state index < -0.39 is 10.0 Å². The van der Waals surface area contributed by atoms with Gasteiger partial charge >= 0.3 is 0 Å². The number of sulfonamides is 1. The van der Waals surface area contributed by atoms with Gasteiger partial charge in [-0.15, -0.1) is 0 Å². The molecule has 152 valence electrons. The zero-order valence-corrected chi connectivity index (χ0v) is 17.3. The monoisotopic (exact) mass is 411 g/mol. The van der Waals surface area contributed by atoms with Crippen LogP contribution in [0.5, 0.6) is 0 Å². The Balaban J connectivity index is 1.35. The lowest BCUT2D eigenvalue weighted by Gasteiger charge is -2.30. The summed E-state index contributed by atoms with van der Waals surface area (Å²) in [5.74, 6) is -0.352. The average molecular weight is 412 g/mol. The highest BCUT2D eigenvalue weighted by Gasteiger charge is 2.32. The van der Waals surface area contributed by atoms with Crippen LogP contribution in [-0.2, 0) is 21.2 Å². The number of hydrazone groups is 1. The van der Waals surface area contributed by atoms with Crippen molar-refractivity contribution in [2.45, 2.75) is 37.5 Å². The van der Waals surface area contributed by atoms with E-state index in [1.54, 1.807) is 24.3 Å². The first-order valence-corrected chi connectivity index (χ1v) is 11.4. The number of aryl methyl sites for hydroxylation is 2. The summed E-state index contributed by atoms with van der Waals surface area (Å²) in [4.78, 5) is 12.8. The summed E-state index contributed by atoms with van der Waals surface area (Å²) >= 11 is 0. The Hall–Kier alpha value is -2.51. The fourth-order valence-electron chi connectivity index (χ4n) is 3.96. The Labute approximate surface area is 171 Å². The maximum absolute atomic E-state index is 12.8. The molecule has 1 heterocycles. The predicted octanol–water partition coefficient (Wildman–Crippen LogP) is 2.86. The second-order valence-corrected chi connectivity index (χ2v) is 9.62. The number of amides is 1. The minimum Gasteiger partial charge on any atom is -0.273 e. The number of carbonyl (C=O) groups is 1. The SMILES string of the molecule is Cc1ccc(S(=O)(=O)N2CCC(C(=O)N/N=C3/CCc4ccccc43)CC2)cc1. The summed E-state index contributed by atoms with van der Waals surface area (Å²) in [6.07, 6.45) is 2.77. The number of hydrogen-bond donors (Lipinski definition) is 1. The molecule has 6 nitrogen and oxygen atoms in total. The van der Waals surface area contributed by atoms with Crippen LogP contribution >= 0.6 is 0 Å². The van der Waals surface area contributed by atoms with Gasteiger partial charge in [-0.05, 0) is 50.3 Å². The van der Waals surface area contributed by atoms with E-state index in [9.17, 15) is 13.2 Å². The van der Waals surface area contributed by atoms with Gasteiger partial charge < -0.3 is 0 Å². The maximum atomic E-state index is 12.8. The molecule has 0 bridgehead atoms. The van der Waals surface area contributed by atoms with Crippen LogP contribution in [0.4, 0.5) is 0 Å². The zero-order chi connectivity index (χ0) is 20.4. The maximum Gasteiger partial charge on any atom is 0.243 e. The molecule has 0 spiro atoms. The largest absolute Gasteiger partial charge is 0.273 e. The van der Waals surface area contributed by atoms with Crippen molar-refractivity contribution in [3.8, 4) is 0 Å². The summed E-state index contributed by atoms with van der Waals surface area (Å²) < 4.78 is 27.1. The molecule has 0 aromatic heterocycles. The van der Waals surface area contributed by atoms with E-state index in [1.807, 2.05) is 25.1 Å². The van der Waals surface area contributed by atoms with Crippen LogP contribution in [0.25, 0.3) is 0 Å². The van der Waals surface area contributed by atoms with Gasteiger partial charge in [0.2, 0.25) is 15.9 Å². The molecule has 0 unspecified atom stereocenters. The fraction of sp³-hybridized carbons (Fsp3) is 0.364. The lowest BCUT2D eigenvalue weighted by atomic mass is 9.98. The summed E-state index contributed by atoms with van der Waals surface area (Å²) in [6, 6.07) is 15.0. The molecule has 0 radical (unpaired) electrons. The first kappa shape index (κ1) is 19.8. The van der Waals surface area contributed by atoms with Crippen LogP contribution in [0.2, 0.25) is 0 Å². The molecule has 29 heavy (non-hydrogen) atoms. The molecule has 2 aromatic carbocycles. The van der Waals surface area contributed by atoms with Crippen LogP contribution in [0.1, 0.15) is 36.0 Å². The second-order valence-electron chi connectivity index (χ2n) is 7.68. The first-order chi connectivity index (χ1) is 13.9. The Morgan fingerprint density at radius 1 is 1.03 bits per heavy atom. The van der Waals surface area contributed by atoms with Crippen LogP contribution in [0, 0.1) is 12.8 Å². The van der Waals surface area contributed by atoms with Crippen LogP contribution < -0.4 is 5.43 Å². The minimum absolute atomic E-state index is 0.130. The van der Waals surface area contributed by atoms with Gasteiger partial charge in [0.05, 0.1) is 10.6 Å². The predicted molar refractivity (Wildman–Crippen MR) is 112 cm³/mol. The summed E-state index contributed by atoms with van der Waals surface area (Å²) in [5.41, 5.74) is 7.00. The van der Waals surface area contributed by atoms with E-state index in [0.29, 0.717) is 30.8 Å². The molecular formula is C22H25N3O3S. The highest BCUT2D eigenvalue weighted by Crippen LogP contribution is 2.25.